The van der Waals surface area contributed by atoms with E-state index >= 15 is 0 Å². The number of nitrogens with one attached hydrogen (secondary N) is 1. The van der Waals surface area contributed by atoms with Gasteiger partial charge in [0.15, 0.2) is 0 Å². The molecule has 19 heavy (non-hydrogen) atoms. The minimum Gasteiger partial charge on any atom is -0.465 e. The number of hydrogen-bond acceptors (Lipinski definition) is 4. The molecular formula is C15H30N2O2. The third kappa shape index (κ3) is 4.18. The Morgan fingerprint density at radius 2 is 2.05 bits per heavy atom. The van der Waals surface area contributed by atoms with E-state index in [1.165, 1.54) is 25.7 Å². The second-order valence-corrected chi connectivity index (χ2v) is 5.96. The van der Waals surface area contributed by atoms with Crippen LogP contribution in [0.25, 0.3) is 0 Å². The lowest BCUT2D eigenvalue weighted by molar-refractivity contribution is -0.151. The normalized spacial score (nSPS) is 21.4. The van der Waals surface area contributed by atoms with Crippen molar-refractivity contribution in [3.63, 3.8) is 0 Å². The van der Waals surface area contributed by atoms with Gasteiger partial charge in [0, 0.05) is 12.1 Å². The summed E-state index contributed by atoms with van der Waals surface area (Å²) >= 11 is 0. The monoisotopic (exact) mass is 270 g/mol. The van der Waals surface area contributed by atoms with Crippen LogP contribution in [0, 0.1) is 0 Å². The number of ether oxygens (including phenoxy) is 1. The number of likely N-dealkylation sites (N-methyl/N-ethyl adjacent to an activating group) is 1. The van der Waals surface area contributed by atoms with E-state index in [2.05, 4.69) is 24.2 Å². The van der Waals surface area contributed by atoms with E-state index in [9.17, 15) is 4.79 Å². The van der Waals surface area contributed by atoms with Gasteiger partial charge in [-0.1, -0.05) is 12.8 Å². The van der Waals surface area contributed by atoms with Crippen molar-refractivity contribution < 1.29 is 9.53 Å². The number of hydrogen-bond donors (Lipinski definition) is 1. The fourth-order valence-electron chi connectivity index (χ4n) is 2.98. The Bertz CT molecular complexity index is 290. The molecular weight excluding hydrogens is 240 g/mol. The molecule has 1 aliphatic carbocycles. The van der Waals surface area contributed by atoms with Crippen LogP contribution in [0.4, 0.5) is 0 Å². The quantitative estimate of drug-likeness (QED) is 0.720. The second kappa shape index (κ2) is 7.25. The van der Waals surface area contributed by atoms with Crippen LogP contribution in [0.1, 0.15) is 52.9 Å². The fourth-order valence-corrected chi connectivity index (χ4v) is 2.98. The van der Waals surface area contributed by atoms with Crippen molar-refractivity contribution in [3.05, 3.63) is 0 Å². The van der Waals surface area contributed by atoms with Gasteiger partial charge in [-0.25, -0.2) is 0 Å². The van der Waals surface area contributed by atoms with Gasteiger partial charge in [-0.15, -0.1) is 0 Å². The summed E-state index contributed by atoms with van der Waals surface area (Å²) in [6.45, 7) is 6.42. The molecule has 0 aromatic rings. The Kier molecular flexibility index (Phi) is 6.27. The van der Waals surface area contributed by atoms with Crippen LogP contribution >= 0.6 is 0 Å². The van der Waals surface area contributed by atoms with Crippen LogP contribution in [0.2, 0.25) is 0 Å². The first-order valence-corrected chi connectivity index (χ1v) is 7.52. The van der Waals surface area contributed by atoms with Crippen molar-refractivity contribution in [3.8, 4) is 0 Å². The van der Waals surface area contributed by atoms with Gasteiger partial charge in [0.05, 0.1) is 6.61 Å². The second-order valence-electron chi connectivity index (χ2n) is 5.96. The molecule has 0 heterocycles. The van der Waals surface area contributed by atoms with Crippen molar-refractivity contribution in [2.45, 2.75) is 70.5 Å². The Labute approximate surface area is 117 Å². The smallest absolute Gasteiger partial charge is 0.326 e. The summed E-state index contributed by atoms with van der Waals surface area (Å²) in [6.07, 6.45) is 6.02. The van der Waals surface area contributed by atoms with Gasteiger partial charge in [-0.2, -0.15) is 0 Å². The fraction of sp³-hybridized carbons (Fsp3) is 0.933. The van der Waals surface area contributed by atoms with E-state index < -0.39 is 5.54 Å². The Balaban J connectivity index is 2.60. The van der Waals surface area contributed by atoms with Crippen LogP contribution in [0.15, 0.2) is 0 Å². The number of carbonyl (C=O) groups excluding carboxylic acids is 1. The van der Waals surface area contributed by atoms with Gasteiger partial charge in [0.2, 0.25) is 0 Å². The number of carbonyl (C=O) groups is 1. The summed E-state index contributed by atoms with van der Waals surface area (Å²) in [7, 11) is 4.01. The van der Waals surface area contributed by atoms with E-state index in [1.54, 1.807) is 0 Å². The molecule has 1 aliphatic rings. The Morgan fingerprint density at radius 3 is 2.53 bits per heavy atom. The topological polar surface area (TPSA) is 41.6 Å². The molecule has 112 valence electrons. The summed E-state index contributed by atoms with van der Waals surface area (Å²) in [5.74, 6) is -0.149. The van der Waals surface area contributed by atoms with Crippen molar-refractivity contribution in [1.82, 2.24) is 10.2 Å². The summed E-state index contributed by atoms with van der Waals surface area (Å²) < 4.78 is 5.18. The predicted octanol–water partition coefficient (Wildman–Crippen LogP) is 2.18. The SMILES string of the molecule is CCOC(=O)C(C)(CC(C)N(C)C1CCCC1)NC. The molecule has 0 bridgehead atoms. The highest BCUT2D eigenvalue weighted by molar-refractivity contribution is 5.80. The van der Waals surface area contributed by atoms with Crippen molar-refractivity contribution in [1.29, 1.82) is 0 Å². The average molecular weight is 270 g/mol. The standard InChI is InChI=1S/C15H30N2O2/c1-6-19-14(18)15(3,16-4)11-12(2)17(5)13-9-7-8-10-13/h12-13,16H,6-11H2,1-5H3. The summed E-state index contributed by atoms with van der Waals surface area (Å²) in [5.41, 5.74) is -0.595. The van der Waals surface area contributed by atoms with Crippen molar-refractivity contribution >= 4 is 5.97 Å². The van der Waals surface area contributed by atoms with Crippen molar-refractivity contribution in [2.75, 3.05) is 20.7 Å². The maximum absolute atomic E-state index is 12.1. The third-order valence-corrected chi connectivity index (χ3v) is 4.58. The molecule has 0 radical (unpaired) electrons. The number of esters is 1. The van der Waals surface area contributed by atoms with Gasteiger partial charge < -0.3 is 15.0 Å². The highest BCUT2D eigenvalue weighted by Crippen LogP contribution is 2.26. The predicted molar refractivity (Wildman–Crippen MR) is 78.2 cm³/mol. The van der Waals surface area contributed by atoms with Crippen molar-refractivity contribution in [2.24, 2.45) is 0 Å². The Morgan fingerprint density at radius 1 is 1.47 bits per heavy atom. The summed E-state index contributed by atoms with van der Waals surface area (Å²) in [5, 5.41) is 3.14. The van der Waals surface area contributed by atoms with E-state index in [4.69, 9.17) is 4.74 Å². The number of nitrogens with zero attached hydrogens (tertiary/aromatic N) is 1. The highest BCUT2D eigenvalue weighted by Gasteiger charge is 2.36. The van der Waals surface area contributed by atoms with E-state index in [1.807, 2.05) is 20.9 Å². The first-order valence-electron chi connectivity index (χ1n) is 7.52. The third-order valence-electron chi connectivity index (χ3n) is 4.58. The minimum absolute atomic E-state index is 0.149. The zero-order chi connectivity index (χ0) is 14.5. The summed E-state index contributed by atoms with van der Waals surface area (Å²) in [4.78, 5) is 14.5. The molecule has 4 heteroatoms. The first-order chi connectivity index (χ1) is 8.94. The Hall–Kier alpha value is -0.610. The molecule has 1 N–H and O–H groups in total. The zero-order valence-electron chi connectivity index (χ0n) is 13.2. The zero-order valence-corrected chi connectivity index (χ0v) is 13.2. The van der Waals surface area contributed by atoms with Crippen LogP contribution in [-0.2, 0) is 9.53 Å². The molecule has 1 fully saturated rings. The maximum atomic E-state index is 12.1. The molecule has 2 unspecified atom stereocenters. The largest absolute Gasteiger partial charge is 0.465 e. The van der Waals surface area contributed by atoms with Gasteiger partial charge in [-0.05, 0) is 54.1 Å². The van der Waals surface area contributed by atoms with Crippen LogP contribution in [-0.4, -0.2) is 49.2 Å². The molecule has 4 nitrogen and oxygen atoms in total. The maximum Gasteiger partial charge on any atom is 0.326 e. The lowest BCUT2D eigenvalue weighted by Gasteiger charge is -2.36. The van der Waals surface area contributed by atoms with E-state index in [0.29, 0.717) is 18.7 Å². The average Bonchev–Trinajstić information content (AvgIpc) is 2.91. The van der Waals surface area contributed by atoms with Crippen LogP contribution < -0.4 is 5.32 Å². The molecule has 0 aromatic carbocycles. The molecule has 0 aromatic heterocycles. The molecule has 1 rings (SSSR count). The van der Waals surface area contributed by atoms with E-state index in [0.717, 1.165) is 6.42 Å². The molecule has 1 saturated carbocycles. The molecule has 0 saturated heterocycles. The van der Waals surface area contributed by atoms with Gasteiger partial charge >= 0.3 is 5.97 Å². The van der Waals surface area contributed by atoms with E-state index in [-0.39, 0.29) is 5.97 Å². The molecule has 0 amide bonds. The number of rotatable bonds is 7. The lowest BCUT2D eigenvalue weighted by Crippen LogP contribution is -2.53. The molecule has 0 spiro atoms. The summed E-state index contributed by atoms with van der Waals surface area (Å²) in [6, 6.07) is 1.04. The van der Waals surface area contributed by atoms with Gasteiger partial charge in [-0.3, -0.25) is 4.79 Å². The van der Waals surface area contributed by atoms with Crippen LogP contribution in [0.5, 0.6) is 0 Å². The van der Waals surface area contributed by atoms with Crippen LogP contribution in [0.3, 0.4) is 0 Å². The first kappa shape index (κ1) is 16.4. The highest BCUT2D eigenvalue weighted by atomic mass is 16.5. The molecule has 2 atom stereocenters. The minimum atomic E-state index is -0.595. The molecule has 0 aliphatic heterocycles. The van der Waals surface area contributed by atoms with Gasteiger partial charge in [0.25, 0.3) is 0 Å². The van der Waals surface area contributed by atoms with Gasteiger partial charge in [0.1, 0.15) is 5.54 Å². The lowest BCUT2D eigenvalue weighted by atomic mass is 9.92.